The van der Waals surface area contributed by atoms with Crippen LogP contribution in [-0.2, 0) is 16.6 Å². The number of carboxylic acid groups (broad SMARTS) is 1. The van der Waals surface area contributed by atoms with Gasteiger partial charge in [0.2, 0.25) is 5.91 Å². The summed E-state index contributed by atoms with van der Waals surface area (Å²) in [5.41, 5.74) is 1.25. The molecule has 0 radical (unpaired) electrons. The highest BCUT2D eigenvalue weighted by Gasteiger charge is 2.18. The summed E-state index contributed by atoms with van der Waals surface area (Å²) in [5, 5.41) is 24.3. The maximum absolute atomic E-state index is 11.6. The monoisotopic (exact) mass is 301 g/mol. The van der Waals surface area contributed by atoms with Crippen LogP contribution in [0.3, 0.4) is 0 Å². The van der Waals surface area contributed by atoms with Gasteiger partial charge >= 0.3 is 5.97 Å². The molecule has 1 unspecified atom stereocenters. The molecular formula is C12H16ClN3O4. The van der Waals surface area contributed by atoms with E-state index in [1.54, 1.807) is 14.0 Å². The Labute approximate surface area is 120 Å². The van der Waals surface area contributed by atoms with Crippen LogP contribution in [0.4, 0.5) is 0 Å². The van der Waals surface area contributed by atoms with Crippen LogP contribution in [0.2, 0.25) is 5.15 Å². The minimum atomic E-state index is -1.20. The number of halogens is 1. The first kappa shape index (κ1) is 16.2. The number of carbonyl (C=O) groups is 2. The number of aliphatic hydroxyl groups is 1. The highest BCUT2D eigenvalue weighted by molar-refractivity contribution is 6.31. The van der Waals surface area contributed by atoms with Crippen LogP contribution >= 0.6 is 11.6 Å². The fourth-order valence-electron chi connectivity index (χ4n) is 1.60. The van der Waals surface area contributed by atoms with E-state index in [9.17, 15) is 9.59 Å². The lowest BCUT2D eigenvalue weighted by atomic mass is 10.2. The molecule has 1 aromatic rings. The van der Waals surface area contributed by atoms with Crippen LogP contribution in [0.1, 0.15) is 17.7 Å². The van der Waals surface area contributed by atoms with E-state index in [1.807, 2.05) is 0 Å². The van der Waals surface area contributed by atoms with Gasteiger partial charge in [0.25, 0.3) is 0 Å². The first-order valence-corrected chi connectivity index (χ1v) is 6.26. The fraction of sp³-hybridized carbons (Fsp3) is 0.417. The number of aliphatic carboxylic acids is 1. The summed E-state index contributed by atoms with van der Waals surface area (Å²) in [6, 6.07) is -1.12. The Bertz CT molecular complexity index is 539. The standard InChI is InChI=1S/C12H16ClN3O4/c1-7-8(11(13)16(2)15-7)3-4-10(18)14-9(5-6-17)12(19)20/h3-4,9,17H,5-6H2,1-2H3,(H,14,18)(H,19,20). The predicted octanol–water partition coefficient (Wildman–Crippen LogP) is 0.347. The molecule has 1 rings (SSSR count). The molecule has 110 valence electrons. The summed E-state index contributed by atoms with van der Waals surface area (Å²) in [6.45, 7) is 1.42. The van der Waals surface area contributed by atoms with Gasteiger partial charge in [-0.25, -0.2) is 4.79 Å². The van der Waals surface area contributed by atoms with Crippen molar-refractivity contribution in [2.75, 3.05) is 6.61 Å². The molecule has 0 fully saturated rings. The third kappa shape index (κ3) is 4.07. The van der Waals surface area contributed by atoms with E-state index in [4.69, 9.17) is 21.8 Å². The predicted molar refractivity (Wildman–Crippen MR) is 73.3 cm³/mol. The molecular weight excluding hydrogens is 286 g/mol. The molecule has 1 aromatic heterocycles. The van der Waals surface area contributed by atoms with E-state index in [2.05, 4.69) is 10.4 Å². The molecule has 0 aliphatic heterocycles. The van der Waals surface area contributed by atoms with E-state index in [-0.39, 0.29) is 13.0 Å². The van der Waals surface area contributed by atoms with Crippen molar-refractivity contribution >= 4 is 29.6 Å². The van der Waals surface area contributed by atoms with Crippen molar-refractivity contribution in [2.24, 2.45) is 7.05 Å². The molecule has 1 amide bonds. The van der Waals surface area contributed by atoms with E-state index < -0.39 is 17.9 Å². The van der Waals surface area contributed by atoms with Crippen molar-refractivity contribution in [3.8, 4) is 0 Å². The molecule has 20 heavy (non-hydrogen) atoms. The molecule has 1 heterocycles. The van der Waals surface area contributed by atoms with Gasteiger partial charge in [-0.2, -0.15) is 5.10 Å². The molecule has 0 spiro atoms. The first-order valence-electron chi connectivity index (χ1n) is 5.88. The molecule has 0 saturated heterocycles. The molecule has 7 nitrogen and oxygen atoms in total. The van der Waals surface area contributed by atoms with E-state index in [0.29, 0.717) is 16.4 Å². The summed E-state index contributed by atoms with van der Waals surface area (Å²) in [7, 11) is 1.68. The lowest BCUT2D eigenvalue weighted by Crippen LogP contribution is -2.40. The number of aryl methyl sites for hydroxylation is 2. The number of carbonyl (C=O) groups excluding carboxylic acids is 1. The molecule has 1 atom stereocenters. The largest absolute Gasteiger partial charge is 0.480 e. The van der Waals surface area contributed by atoms with Gasteiger partial charge in [-0.3, -0.25) is 9.48 Å². The van der Waals surface area contributed by atoms with Crippen molar-refractivity contribution in [2.45, 2.75) is 19.4 Å². The number of carboxylic acids is 1. The topological polar surface area (TPSA) is 104 Å². The Morgan fingerprint density at radius 3 is 2.65 bits per heavy atom. The quantitative estimate of drug-likeness (QED) is 0.658. The summed E-state index contributed by atoms with van der Waals surface area (Å²) in [5.74, 6) is -1.78. The molecule has 8 heteroatoms. The van der Waals surface area contributed by atoms with Gasteiger partial charge in [-0.05, 0) is 13.0 Å². The lowest BCUT2D eigenvalue weighted by Gasteiger charge is -2.11. The van der Waals surface area contributed by atoms with Crippen LogP contribution in [0.15, 0.2) is 6.08 Å². The Morgan fingerprint density at radius 2 is 2.20 bits per heavy atom. The molecule has 0 bridgehead atoms. The van der Waals surface area contributed by atoms with E-state index in [0.717, 1.165) is 0 Å². The molecule has 0 aromatic carbocycles. The zero-order chi connectivity index (χ0) is 15.3. The molecule has 0 aliphatic carbocycles. The van der Waals surface area contributed by atoms with Crippen molar-refractivity contribution in [3.63, 3.8) is 0 Å². The fourth-order valence-corrected chi connectivity index (χ4v) is 1.84. The Morgan fingerprint density at radius 1 is 1.55 bits per heavy atom. The van der Waals surface area contributed by atoms with Crippen molar-refractivity contribution in [1.29, 1.82) is 0 Å². The van der Waals surface area contributed by atoms with E-state index >= 15 is 0 Å². The number of amides is 1. The van der Waals surface area contributed by atoms with Crippen molar-refractivity contribution in [1.82, 2.24) is 15.1 Å². The summed E-state index contributed by atoms with van der Waals surface area (Å²) >= 11 is 5.99. The summed E-state index contributed by atoms with van der Waals surface area (Å²) in [4.78, 5) is 22.4. The second-order valence-electron chi connectivity index (χ2n) is 4.16. The minimum absolute atomic E-state index is 0.0540. The van der Waals surface area contributed by atoms with Crippen LogP contribution in [0, 0.1) is 6.92 Å². The molecule has 0 aliphatic rings. The zero-order valence-electron chi connectivity index (χ0n) is 11.1. The summed E-state index contributed by atoms with van der Waals surface area (Å²) < 4.78 is 1.47. The average Bonchev–Trinajstić information content (AvgIpc) is 2.60. The second-order valence-corrected chi connectivity index (χ2v) is 4.52. The van der Waals surface area contributed by atoms with Crippen LogP contribution in [-0.4, -0.2) is 44.5 Å². The van der Waals surface area contributed by atoms with Crippen LogP contribution in [0.25, 0.3) is 6.08 Å². The number of nitrogens with one attached hydrogen (secondary N) is 1. The lowest BCUT2D eigenvalue weighted by molar-refractivity contribution is -0.141. The van der Waals surface area contributed by atoms with Gasteiger partial charge in [-0.15, -0.1) is 0 Å². The number of aliphatic hydroxyl groups excluding tert-OH is 1. The second kappa shape index (κ2) is 7.06. The van der Waals surface area contributed by atoms with Crippen molar-refractivity contribution in [3.05, 3.63) is 22.5 Å². The van der Waals surface area contributed by atoms with Crippen LogP contribution < -0.4 is 5.32 Å². The Balaban J connectivity index is 2.74. The molecule has 0 saturated carbocycles. The van der Waals surface area contributed by atoms with Crippen LogP contribution in [0.5, 0.6) is 0 Å². The average molecular weight is 302 g/mol. The van der Waals surface area contributed by atoms with Gasteiger partial charge in [-0.1, -0.05) is 11.6 Å². The van der Waals surface area contributed by atoms with Gasteiger partial charge in [0.05, 0.1) is 5.69 Å². The smallest absolute Gasteiger partial charge is 0.326 e. The summed E-state index contributed by atoms with van der Waals surface area (Å²) in [6.07, 6.45) is 2.60. The Kier molecular flexibility index (Phi) is 5.72. The van der Waals surface area contributed by atoms with Gasteiger partial charge in [0.15, 0.2) is 0 Å². The van der Waals surface area contributed by atoms with Crippen molar-refractivity contribution < 1.29 is 19.8 Å². The highest BCUT2D eigenvalue weighted by atomic mass is 35.5. The van der Waals surface area contributed by atoms with Gasteiger partial charge in [0.1, 0.15) is 11.2 Å². The normalized spacial score (nSPS) is 12.6. The molecule has 3 N–H and O–H groups in total. The number of hydrogen-bond acceptors (Lipinski definition) is 4. The number of aromatic nitrogens is 2. The SMILES string of the molecule is Cc1nn(C)c(Cl)c1C=CC(=O)NC(CCO)C(=O)O. The third-order valence-corrected chi connectivity index (χ3v) is 3.08. The zero-order valence-corrected chi connectivity index (χ0v) is 11.9. The maximum Gasteiger partial charge on any atom is 0.326 e. The van der Waals surface area contributed by atoms with E-state index in [1.165, 1.54) is 16.8 Å². The minimum Gasteiger partial charge on any atom is -0.480 e. The number of rotatable bonds is 6. The third-order valence-electron chi connectivity index (χ3n) is 2.63. The highest BCUT2D eigenvalue weighted by Crippen LogP contribution is 2.19. The first-order chi connectivity index (χ1) is 9.36. The van der Waals surface area contributed by atoms with Gasteiger partial charge < -0.3 is 15.5 Å². The van der Waals surface area contributed by atoms with Gasteiger partial charge in [0, 0.05) is 31.7 Å². The number of nitrogens with zero attached hydrogens (tertiary/aromatic N) is 2. The number of hydrogen-bond donors (Lipinski definition) is 3. The Hall–Kier alpha value is -1.86. The maximum atomic E-state index is 11.6.